The van der Waals surface area contributed by atoms with Crippen LogP contribution in [0.25, 0.3) is 11.1 Å². The molecule has 2 aromatic carbocycles. The van der Waals surface area contributed by atoms with Gasteiger partial charge in [0.2, 0.25) is 0 Å². The molecule has 0 aliphatic rings. The van der Waals surface area contributed by atoms with E-state index in [-0.39, 0.29) is 17.7 Å². The van der Waals surface area contributed by atoms with Crippen LogP contribution in [0.4, 0.5) is 0 Å². The molecule has 2 aromatic rings. The number of aromatic carboxylic acids is 1. The van der Waals surface area contributed by atoms with Crippen LogP contribution in [0.15, 0.2) is 48.5 Å². The van der Waals surface area contributed by atoms with Crippen molar-refractivity contribution in [3.63, 3.8) is 0 Å². The van der Waals surface area contributed by atoms with Crippen molar-refractivity contribution < 1.29 is 19.4 Å². The lowest BCUT2D eigenvalue weighted by Crippen LogP contribution is -2.12. The SMILES string of the molecule is CCOC(=O)c1cccc(-c2ccccc2)c1C(=O)O. The second-order valence-electron chi connectivity index (χ2n) is 4.12. The molecule has 20 heavy (non-hydrogen) atoms. The fraction of sp³-hybridized carbons (Fsp3) is 0.125. The van der Waals surface area contributed by atoms with Gasteiger partial charge >= 0.3 is 11.9 Å². The number of carboxylic acids is 1. The molecule has 2 rings (SSSR count). The molecule has 4 nitrogen and oxygen atoms in total. The van der Waals surface area contributed by atoms with E-state index in [0.29, 0.717) is 5.56 Å². The maximum Gasteiger partial charge on any atom is 0.339 e. The van der Waals surface area contributed by atoms with Crippen molar-refractivity contribution in [1.29, 1.82) is 0 Å². The van der Waals surface area contributed by atoms with Crippen LogP contribution in [0.5, 0.6) is 0 Å². The molecule has 0 spiro atoms. The molecule has 0 radical (unpaired) electrons. The van der Waals surface area contributed by atoms with E-state index >= 15 is 0 Å². The summed E-state index contributed by atoms with van der Waals surface area (Å²) in [5, 5.41) is 9.42. The molecule has 1 N–H and O–H groups in total. The van der Waals surface area contributed by atoms with Crippen LogP contribution in [0.2, 0.25) is 0 Å². The smallest absolute Gasteiger partial charge is 0.339 e. The van der Waals surface area contributed by atoms with Gasteiger partial charge in [-0.25, -0.2) is 9.59 Å². The first-order chi connectivity index (χ1) is 9.65. The van der Waals surface area contributed by atoms with E-state index in [9.17, 15) is 14.7 Å². The van der Waals surface area contributed by atoms with Gasteiger partial charge in [-0.1, -0.05) is 42.5 Å². The number of esters is 1. The Morgan fingerprint density at radius 1 is 1.05 bits per heavy atom. The highest BCUT2D eigenvalue weighted by atomic mass is 16.5. The monoisotopic (exact) mass is 270 g/mol. The summed E-state index contributed by atoms with van der Waals surface area (Å²) < 4.78 is 4.91. The van der Waals surface area contributed by atoms with Gasteiger partial charge in [0.15, 0.2) is 0 Å². The summed E-state index contributed by atoms with van der Waals surface area (Å²) in [6.45, 7) is 1.88. The van der Waals surface area contributed by atoms with Gasteiger partial charge in [-0.3, -0.25) is 0 Å². The van der Waals surface area contributed by atoms with E-state index in [0.717, 1.165) is 5.56 Å². The first-order valence-electron chi connectivity index (χ1n) is 6.24. The summed E-state index contributed by atoms with van der Waals surface area (Å²) in [4.78, 5) is 23.4. The molecule has 0 aromatic heterocycles. The zero-order chi connectivity index (χ0) is 14.5. The summed E-state index contributed by atoms with van der Waals surface area (Å²) in [7, 11) is 0. The number of hydrogen-bond acceptors (Lipinski definition) is 3. The third-order valence-electron chi connectivity index (χ3n) is 2.86. The van der Waals surface area contributed by atoms with Gasteiger partial charge in [0.05, 0.1) is 17.7 Å². The van der Waals surface area contributed by atoms with Crippen molar-refractivity contribution in [1.82, 2.24) is 0 Å². The van der Waals surface area contributed by atoms with E-state index in [2.05, 4.69) is 0 Å². The largest absolute Gasteiger partial charge is 0.478 e. The number of carboxylic acid groups (broad SMARTS) is 1. The Bertz CT molecular complexity index is 632. The molecule has 0 aliphatic heterocycles. The zero-order valence-electron chi connectivity index (χ0n) is 11.0. The minimum atomic E-state index is -1.15. The van der Waals surface area contributed by atoms with Crippen LogP contribution >= 0.6 is 0 Å². The summed E-state index contributed by atoms with van der Waals surface area (Å²) in [5.74, 6) is -1.77. The van der Waals surface area contributed by atoms with Gasteiger partial charge in [0.1, 0.15) is 0 Å². The Morgan fingerprint density at radius 3 is 2.35 bits per heavy atom. The molecule has 0 saturated heterocycles. The normalized spacial score (nSPS) is 10.1. The molecule has 0 bridgehead atoms. The molecular formula is C16H14O4. The topological polar surface area (TPSA) is 63.6 Å². The van der Waals surface area contributed by atoms with Crippen molar-refractivity contribution >= 4 is 11.9 Å². The van der Waals surface area contributed by atoms with E-state index in [1.807, 2.05) is 18.2 Å². The van der Waals surface area contributed by atoms with Crippen LogP contribution in [0.1, 0.15) is 27.6 Å². The van der Waals surface area contributed by atoms with Crippen LogP contribution in [-0.2, 0) is 4.74 Å². The molecule has 0 atom stereocenters. The van der Waals surface area contributed by atoms with Crippen molar-refractivity contribution in [3.05, 3.63) is 59.7 Å². The second-order valence-corrected chi connectivity index (χ2v) is 4.12. The third-order valence-corrected chi connectivity index (χ3v) is 2.86. The number of carbonyl (C=O) groups excluding carboxylic acids is 1. The summed E-state index contributed by atoms with van der Waals surface area (Å²) in [6.07, 6.45) is 0. The van der Waals surface area contributed by atoms with E-state index in [1.54, 1.807) is 31.2 Å². The highest BCUT2D eigenvalue weighted by Crippen LogP contribution is 2.26. The van der Waals surface area contributed by atoms with E-state index in [4.69, 9.17) is 4.74 Å². The highest BCUT2D eigenvalue weighted by molar-refractivity contribution is 6.07. The highest BCUT2D eigenvalue weighted by Gasteiger charge is 2.21. The van der Waals surface area contributed by atoms with Crippen LogP contribution in [0, 0.1) is 0 Å². The number of carbonyl (C=O) groups is 2. The minimum absolute atomic E-state index is 0.0304. The quantitative estimate of drug-likeness (QED) is 0.866. The van der Waals surface area contributed by atoms with Gasteiger partial charge in [-0.2, -0.15) is 0 Å². The molecule has 0 heterocycles. The Morgan fingerprint density at radius 2 is 1.75 bits per heavy atom. The summed E-state index contributed by atoms with van der Waals surface area (Å²) in [5.41, 5.74) is 1.29. The van der Waals surface area contributed by atoms with Gasteiger partial charge in [-0.05, 0) is 24.1 Å². The first kappa shape index (κ1) is 13.8. The lowest BCUT2D eigenvalue weighted by molar-refractivity contribution is 0.0514. The molecule has 102 valence electrons. The number of benzene rings is 2. The number of rotatable bonds is 4. The molecule has 0 unspecified atom stereocenters. The summed E-state index contributed by atoms with van der Waals surface area (Å²) >= 11 is 0. The number of hydrogen-bond donors (Lipinski definition) is 1. The third kappa shape index (κ3) is 2.69. The van der Waals surface area contributed by atoms with E-state index < -0.39 is 11.9 Å². The average Bonchev–Trinajstić information content (AvgIpc) is 2.47. The molecule has 0 aliphatic carbocycles. The van der Waals surface area contributed by atoms with Crippen LogP contribution in [0.3, 0.4) is 0 Å². The van der Waals surface area contributed by atoms with Crippen molar-refractivity contribution in [2.75, 3.05) is 6.61 Å². The molecular weight excluding hydrogens is 256 g/mol. The minimum Gasteiger partial charge on any atom is -0.478 e. The summed E-state index contributed by atoms with van der Waals surface area (Å²) in [6, 6.07) is 13.9. The maximum atomic E-state index is 11.9. The Kier molecular flexibility index (Phi) is 4.15. The predicted octanol–water partition coefficient (Wildman–Crippen LogP) is 3.23. The molecule has 0 saturated carbocycles. The fourth-order valence-electron chi connectivity index (χ4n) is 2.02. The van der Waals surface area contributed by atoms with Crippen LogP contribution < -0.4 is 0 Å². The Balaban J connectivity index is 2.62. The zero-order valence-corrected chi connectivity index (χ0v) is 11.0. The second kappa shape index (κ2) is 6.02. The lowest BCUT2D eigenvalue weighted by atomic mass is 9.95. The van der Waals surface area contributed by atoms with Gasteiger partial charge < -0.3 is 9.84 Å². The average molecular weight is 270 g/mol. The standard InChI is InChI=1S/C16H14O4/c1-2-20-16(19)13-10-6-9-12(14(13)15(17)18)11-7-4-3-5-8-11/h3-10H,2H2,1H3,(H,17,18). The van der Waals surface area contributed by atoms with Crippen molar-refractivity contribution in [2.45, 2.75) is 6.92 Å². The molecule has 4 heteroatoms. The fourth-order valence-corrected chi connectivity index (χ4v) is 2.02. The van der Waals surface area contributed by atoms with Crippen molar-refractivity contribution in [3.8, 4) is 11.1 Å². The van der Waals surface area contributed by atoms with Gasteiger partial charge in [0.25, 0.3) is 0 Å². The Hall–Kier alpha value is -2.62. The van der Waals surface area contributed by atoms with Crippen molar-refractivity contribution in [2.24, 2.45) is 0 Å². The maximum absolute atomic E-state index is 11.9. The van der Waals surface area contributed by atoms with E-state index in [1.165, 1.54) is 6.07 Å². The van der Waals surface area contributed by atoms with Gasteiger partial charge in [0, 0.05) is 0 Å². The first-order valence-corrected chi connectivity index (χ1v) is 6.24. The number of ether oxygens (including phenoxy) is 1. The van der Waals surface area contributed by atoms with Gasteiger partial charge in [-0.15, -0.1) is 0 Å². The molecule has 0 fully saturated rings. The molecule has 0 amide bonds. The Labute approximate surface area is 116 Å². The lowest BCUT2D eigenvalue weighted by Gasteiger charge is -2.11. The van der Waals surface area contributed by atoms with Crippen LogP contribution in [-0.4, -0.2) is 23.7 Å². The predicted molar refractivity (Wildman–Crippen MR) is 74.8 cm³/mol.